The van der Waals surface area contributed by atoms with E-state index in [1.54, 1.807) is 0 Å². The molecule has 3 heterocycles. The molecule has 3 aliphatic rings. The van der Waals surface area contributed by atoms with E-state index in [0.717, 1.165) is 17.3 Å². The summed E-state index contributed by atoms with van der Waals surface area (Å²) in [5.74, 6) is 7.32. The van der Waals surface area contributed by atoms with Crippen LogP contribution in [0, 0.1) is 10.8 Å². The molecule has 0 amide bonds. The molecule has 136 valence electrons. The topological polar surface area (TPSA) is 20.2 Å². The molecule has 4 heteroatoms. The Morgan fingerprint density at radius 3 is 1.43 bits per heavy atom. The number of hydrogen-bond acceptors (Lipinski definition) is 4. The highest BCUT2D eigenvalue weighted by molar-refractivity contribution is 8.01. The van der Waals surface area contributed by atoms with Crippen molar-refractivity contribution in [3.63, 3.8) is 0 Å². The van der Waals surface area contributed by atoms with Crippen LogP contribution in [0.15, 0.2) is 0 Å². The fourth-order valence-corrected chi connectivity index (χ4v) is 8.00. The van der Waals surface area contributed by atoms with Crippen molar-refractivity contribution in [1.29, 1.82) is 0 Å². The first-order chi connectivity index (χ1) is 11.2. The molecule has 3 rings (SSSR count). The molecule has 23 heavy (non-hydrogen) atoms. The highest BCUT2D eigenvalue weighted by Crippen LogP contribution is 2.39. The Morgan fingerprint density at radius 2 is 1.09 bits per heavy atom. The maximum Gasteiger partial charge on any atom is 0.0511 e. The molecule has 3 saturated heterocycles. The fraction of sp³-hybridized carbons (Fsp3) is 1.00. The third-order valence-corrected chi connectivity index (χ3v) is 9.70. The molecule has 3 aliphatic heterocycles. The largest absolute Gasteiger partial charge is 0.396 e. The Kier molecular flexibility index (Phi) is 9.61. The zero-order chi connectivity index (χ0) is 16.4. The van der Waals surface area contributed by atoms with E-state index in [1.807, 2.05) is 0 Å². The van der Waals surface area contributed by atoms with Crippen molar-refractivity contribution in [2.45, 2.75) is 64.7 Å². The minimum Gasteiger partial charge on any atom is -0.396 e. The summed E-state index contributed by atoms with van der Waals surface area (Å²) in [6.07, 6.45) is 12.6. The number of hydrogen-bond donors (Lipinski definition) is 1. The Balaban J connectivity index is 2.06. The lowest BCUT2D eigenvalue weighted by Crippen LogP contribution is -2.35. The molecule has 0 spiro atoms. The predicted molar refractivity (Wildman–Crippen MR) is 111 cm³/mol. The van der Waals surface area contributed by atoms with Crippen LogP contribution in [0.4, 0.5) is 0 Å². The van der Waals surface area contributed by atoms with Crippen LogP contribution in [0.25, 0.3) is 0 Å². The molecule has 0 aliphatic carbocycles. The second-order valence-corrected chi connectivity index (χ2v) is 11.3. The minimum atomic E-state index is 0.156. The molecule has 2 bridgehead atoms. The van der Waals surface area contributed by atoms with E-state index in [-0.39, 0.29) is 5.41 Å². The van der Waals surface area contributed by atoms with E-state index >= 15 is 0 Å². The summed E-state index contributed by atoms with van der Waals surface area (Å²) in [6, 6.07) is 0. The van der Waals surface area contributed by atoms with Gasteiger partial charge in [-0.05, 0) is 61.2 Å². The van der Waals surface area contributed by atoms with E-state index in [2.05, 4.69) is 42.2 Å². The monoisotopic (exact) mass is 376 g/mol. The SMILES string of the molecule is CC12CCCCSCC(CO)(CSCCCC1)CSCCCC2. The van der Waals surface area contributed by atoms with Gasteiger partial charge in [-0.3, -0.25) is 0 Å². The first-order valence-electron chi connectivity index (χ1n) is 9.52. The summed E-state index contributed by atoms with van der Waals surface area (Å²) in [5, 5.41) is 10.1. The van der Waals surface area contributed by atoms with Crippen molar-refractivity contribution in [2.75, 3.05) is 41.1 Å². The van der Waals surface area contributed by atoms with Gasteiger partial charge in [-0.25, -0.2) is 0 Å². The normalized spacial score (nSPS) is 36.3. The number of thioether (sulfide) groups is 3. The van der Waals surface area contributed by atoms with Gasteiger partial charge < -0.3 is 5.11 Å². The standard InChI is InChI=1S/C19H36OS3/c1-18-8-2-5-11-21-15-19(14-20,16-22-12-6-3-9-18)17-23-13-7-4-10-18/h20H,2-17H2,1H3. The average Bonchev–Trinajstić information content (AvgIpc) is 2.56. The van der Waals surface area contributed by atoms with Crippen LogP contribution in [0.1, 0.15) is 64.7 Å². The maximum absolute atomic E-state index is 10.1. The van der Waals surface area contributed by atoms with E-state index in [1.165, 1.54) is 75.0 Å². The zero-order valence-electron chi connectivity index (χ0n) is 15.0. The summed E-state index contributed by atoms with van der Waals surface area (Å²) in [5.41, 5.74) is 0.756. The van der Waals surface area contributed by atoms with Gasteiger partial charge >= 0.3 is 0 Å². The molecule has 3 fully saturated rings. The second kappa shape index (κ2) is 10.9. The van der Waals surface area contributed by atoms with Gasteiger partial charge in [-0.15, -0.1) is 0 Å². The van der Waals surface area contributed by atoms with Gasteiger partial charge in [0.15, 0.2) is 0 Å². The van der Waals surface area contributed by atoms with E-state index in [0.29, 0.717) is 12.0 Å². The van der Waals surface area contributed by atoms with Crippen molar-refractivity contribution < 1.29 is 5.11 Å². The third-order valence-electron chi connectivity index (χ3n) is 5.52. The number of rotatable bonds is 1. The van der Waals surface area contributed by atoms with Crippen LogP contribution >= 0.6 is 35.3 Å². The minimum absolute atomic E-state index is 0.156. The van der Waals surface area contributed by atoms with Crippen LogP contribution in [0.2, 0.25) is 0 Å². The molecule has 1 nitrogen and oxygen atoms in total. The average molecular weight is 377 g/mol. The molecule has 0 aromatic heterocycles. The van der Waals surface area contributed by atoms with E-state index < -0.39 is 0 Å². The molecule has 0 atom stereocenters. The fourth-order valence-electron chi connectivity index (χ4n) is 3.77. The zero-order valence-corrected chi connectivity index (χ0v) is 17.4. The first-order valence-corrected chi connectivity index (χ1v) is 13.0. The van der Waals surface area contributed by atoms with E-state index in [4.69, 9.17) is 0 Å². The molecular formula is C19H36OS3. The number of aliphatic hydroxyl groups excluding tert-OH is 1. The molecule has 0 unspecified atom stereocenters. The Hall–Kier alpha value is 1.01. The molecule has 0 aromatic carbocycles. The molecule has 0 radical (unpaired) electrons. The van der Waals surface area contributed by atoms with Crippen molar-refractivity contribution >= 4 is 35.3 Å². The predicted octanol–water partition coefficient (Wildman–Crippen LogP) is 5.71. The van der Waals surface area contributed by atoms with Crippen LogP contribution in [0.5, 0.6) is 0 Å². The Morgan fingerprint density at radius 1 is 0.696 bits per heavy atom. The first kappa shape index (κ1) is 20.3. The van der Waals surface area contributed by atoms with Gasteiger partial charge in [0.2, 0.25) is 0 Å². The summed E-state index contributed by atoms with van der Waals surface area (Å²) in [7, 11) is 0. The molecular weight excluding hydrogens is 340 g/mol. The second-order valence-electron chi connectivity index (χ2n) is 8.00. The smallest absolute Gasteiger partial charge is 0.0511 e. The lowest BCUT2D eigenvalue weighted by atomic mass is 9.76. The summed E-state index contributed by atoms with van der Waals surface area (Å²) >= 11 is 6.30. The van der Waals surface area contributed by atoms with Gasteiger partial charge in [-0.2, -0.15) is 35.3 Å². The number of aliphatic hydroxyl groups is 1. The highest BCUT2D eigenvalue weighted by atomic mass is 32.2. The van der Waals surface area contributed by atoms with Gasteiger partial charge in [0, 0.05) is 22.7 Å². The quantitative estimate of drug-likeness (QED) is 0.632. The Labute approximate surface area is 156 Å². The maximum atomic E-state index is 10.1. The van der Waals surface area contributed by atoms with Gasteiger partial charge in [-0.1, -0.05) is 26.2 Å². The third kappa shape index (κ3) is 7.42. The van der Waals surface area contributed by atoms with Gasteiger partial charge in [0.1, 0.15) is 0 Å². The van der Waals surface area contributed by atoms with Crippen LogP contribution < -0.4 is 0 Å². The lowest BCUT2D eigenvalue weighted by molar-refractivity contribution is 0.188. The highest BCUT2D eigenvalue weighted by Gasteiger charge is 2.30. The molecule has 0 aromatic rings. The van der Waals surface area contributed by atoms with Crippen molar-refractivity contribution in [3.05, 3.63) is 0 Å². The summed E-state index contributed by atoms with van der Waals surface area (Å²) in [6.45, 7) is 2.94. The van der Waals surface area contributed by atoms with Crippen molar-refractivity contribution in [2.24, 2.45) is 10.8 Å². The summed E-state index contributed by atoms with van der Waals surface area (Å²) < 4.78 is 0. The lowest BCUT2D eigenvalue weighted by Gasteiger charge is -2.33. The van der Waals surface area contributed by atoms with Crippen LogP contribution in [0.3, 0.4) is 0 Å². The molecule has 0 saturated carbocycles. The van der Waals surface area contributed by atoms with Crippen molar-refractivity contribution in [1.82, 2.24) is 0 Å². The Bertz CT molecular complexity index is 278. The van der Waals surface area contributed by atoms with E-state index in [9.17, 15) is 5.11 Å². The molecule has 1 N–H and O–H groups in total. The van der Waals surface area contributed by atoms with Gasteiger partial charge in [0.05, 0.1) is 6.61 Å². The number of fused-ring (bicyclic) bond motifs is 15. The van der Waals surface area contributed by atoms with Crippen LogP contribution in [-0.2, 0) is 0 Å². The van der Waals surface area contributed by atoms with Gasteiger partial charge in [0.25, 0.3) is 0 Å². The van der Waals surface area contributed by atoms with Crippen molar-refractivity contribution in [3.8, 4) is 0 Å². The summed E-state index contributed by atoms with van der Waals surface area (Å²) in [4.78, 5) is 0. The van der Waals surface area contributed by atoms with Crippen LogP contribution in [-0.4, -0.2) is 46.2 Å².